The molecule has 0 fully saturated rings. The first-order valence-electron chi connectivity index (χ1n) is 6.21. The summed E-state index contributed by atoms with van der Waals surface area (Å²) in [5, 5.41) is 0. The van der Waals surface area contributed by atoms with E-state index in [0.717, 1.165) is 13.1 Å². The van der Waals surface area contributed by atoms with E-state index in [1.165, 1.54) is 28.8 Å². The van der Waals surface area contributed by atoms with Crippen LogP contribution in [0.5, 0.6) is 0 Å². The Balaban J connectivity index is 1.81. The number of aryl methyl sites for hydroxylation is 1. The molecular formula is C16H17N. The van der Waals surface area contributed by atoms with Gasteiger partial charge in [0, 0.05) is 18.8 Å². The standard InChI is InChI=1S/C16H17N/c1-13-6-8-14(9-7-13)12-17-11-10-15-4-2-3-5-16(15)17/h2-9H,10-12H2,1H3. The van der Waals surface area contributed by atoms with Crippen molar-refractivity contribution in [3.8, 4) is 0 Å². The smallest absolute Gasteiger partial charge is 0.0429 e. The van der Waals surface area contributed by atoms with E-state index in [0.29, 0.717) is 0 Å². The predicted molar refractivity (Wildman–Crippen MR) is 72.4 cm³/mol. The second-order valence-corrected chi connectivity index (χ2v) is 4.79. The van der Waals surface area contributed by atoms with E-state index in [1.807, 2.05) is 0 Å². The molecule has 0 N–H and O–H groups in total. The van der Waals surface area contributed by atoms with E-state index in [9.17, 15) is 0 Å². The first-order chi connectivity index (χ1) is 8.33. The lowest BCUT2D eigenvalue weighted by atomic mass is 10.1. The summed E-state index contributed by atoms with van der Waals surface area (Å²) >= 11 is 0. The third-order valence-electron chi connectivity index (χ3n) is 3.48. The van der Waals surface area contributed by atoms with Gasteiger partial charge in [0.2, 0.25) is 0 Å². The Labute approximate surface area is 103 Å². The fourth-order valence-electron chi connectivity index (χ4n) is 2.48. The quantitative estimate of drug-likeness (QED) is 0.752. The molecule has 86 valence electrons. The molecule has 0 bridgehead atoms. The maximum atomic E-state index is 2.47. The van der Waals surface area contributed by atoms with Crippen molar-refractivity contribution in [1.82, 2.24) is 0 Å². The van der Waals surface area contributed by atoms with Gasteiger partial charge in [0.1, 0.15) is 0 Å². The van der Waals surface area contributed by atoms with Crippen molar-refractivity contribution >= 4 is 5.69 Å². The number of benzene rings is 2. The van der Waals surface area contributed by atoms with Crippen LogP contribution in [0.3, 0.4) is 0 Å². The average Bonchev–Trinajstić information content (AvgIpc) is 2.76. The lowest BCUT2D eigenvalue weighted by Gasteiger charge is -2.19. The molecule has 0 atom stereocenters. The van der Waals surface area contributed by atoms with Gasteiger partial charge in [0.05, 0.1) is 0 Å². The van der Waals surface area contributed by atoms with Gasteiger partial charge in [0.15, 0.2) is 0 Å². The van der Waals surface area contributed by atoms with Gasteiger partial charge in [-0.2, -0.15) is 0 Å². The molecule has 17 heavy (non-hydrogen) atoms. The fraction of sp³-hybridized carbons (Fsp3) is 0.250. The zero-order valence-electron chi connectivity index (χ0n) is 10.2. The van der Waals surface area contributed by atoms with Crippen molar-refractivity contribution < 1.29 is 0 Å². The summed E-state index contributed by atoms with van der Waals surface area (Å²) < 4.78 is 0. The highest BCUT2D eigenvalue weighted by molar-refractivity contribution is 5.58. The van der Waals surface area contributed by atoms with E-state index in [-0.39, 0.29) is 0 Å². The van der Waals surface area contributed by atoms with Gasteiger partial charge in [-0.3, -0.25) is 0 Å². The van der Waals surface area contributed by atoms with Crippen LogP contribution in [0.1, 0.15) is 16.7 Å². The molecule has 2 aromatic carbocycles. The molecular weight excluding hydrogens is 206 g/mol. The summed E-state index contributed by atoms with van der Waals surface area (Å²) in [4.78, 5) is 2.47. The summed E-state index contributed by atoms with van der Waals surface area (Å²) in [6.45, 7) is 4.31. The molecule has 2 aromatic rings. The molecule has 0 spiro atoms. The van der Waals surface area contributed by atoms with E-state index in [1.54, 1.807) is 0 Å². The number of fused-ring (bicyclic) bond motifs is 1. The molecule has 0 radical (unpaired) electrons. The van der Waals surface area contributed by atoms with Crippen molar-refractivity contribution in [2.24, 2.45) is 0 Å². The Hall–Kier alpha value is -1.76. The van der Waals surface area contributed by atoms with Crippen LogP contribution in [0.25, 0.3) is 0 Å². The topological polar surface area (TPSA) is 3.24 Å². The van der Waals surface area contributed by atoms with Gasteiger partial charge in [-0.15, -0.1) is 0 Å². The zero-order chi connectivity index (χ0) is 11.7. The van der Waals surface area contributed by atoms with Crippen LogP contribution in [-0.2, 0) is 13.0 Å². The van der Waals surface area contributed by atoms with Crippen molar-refractivity contribution in [2.75, 3.05) is 11.4 Å². The summed E-state index contributed by atoms with van der Waals surface area (Å²) in [7, 11) is 0. The summed E-state index contributed by atoms with van der Waals surface area (Å²) in [6, 6.07) is 17.6. The monoisotopic (exact) mass is 223 g/mol. The largest absolute Gasteiger partial charge is 0.367 e. The van der Waals surface area contributed by atoms with Gasteiger partial charge in [0.25, 0.3) is 0 Å². The lowest BCUT2D eigenvalue weighted by molar-refractivity contribution is 0.836. The molecule has 1 nitrogen and oxygen atoms in total. The Morgan fingerprint density at radius 3 is 2.59 bits per heavy atom. The predicted octanol–water partition coefficient (Wildman–Crippen LogP) is 3.56. The second-order valence-electron chi connectivity index (χ2n) is 4.79. The Kier molecular flexibility index (Phi) is 2.60. The number of para-hydroxylation sites is 1. The first kappa shape index (κ1) is 10.4. The number of anilines is 1. The zero-order valence-corrected chi connectivity index (χ0v) is 10.2. The Morgan fingerprint density at radius 1 is 1.00 bits per heavy atom. The van der Waals surface area contributed by atoms with E-state index >= 15 is 0 Å². The molecule has 0 saturated heterocycles. The average molecular weight is 223 g/mol. The number of hydrogen-bond donors (Lipinski definition) is 0. The fourth-order valence-corrected chi connectivity index (χ4v) is 2.48. The molecule has 0 aromatic heterocycles. The molecule has 1 aliphatic rings. The highest BCUT2D eigenvalue weighted by atomic mass is 15.1. The minimum absolute atomic E-state index is 1.03. The van der Waals surface area contributed by atoms with Gasteiger partial charge >= 0.3 is 0 Å². The maximum absolute atomic E-state index is 2.47. The SMILES string of the molecule is Cc1ccc(CN2CCc3ccccc32)cc1. The van der Waals surface area contributed by atoms with Crippen LogP contribution in [0.15, 0.2) is 48.5 Å². The second kappa shape index (κ2) is 4.25. The van der Waals surface area contributed by atoms with Crippen LogP contribution in [-0.4, -0.2) is 6.54 Å². The number of nitrogens with zero attached hydrogens (tertiary/aromatic N) is 1. The van der Waals surface area contributed by atoms with Crippen LogP contribution in [0, 0.1) is 6.92 Å². The summed E-state index contributed by atoms with van der Waals surface area (Å²) in [5.74, 6) is 0. The third kappa shape index (κ3) is 2.05. The molecule has 1 aliphatic heterocycles. The van der Waals surface area contributed by atoms with Crippen LogP contribution in [0.2, 0.25) is 0 Å². The van der Waals surface area contributed by atoms with Crippen LogP contribution >= 0.6 is 0 Å². The Bertz CT molecular complexity index is 513. The minimum Gasteiger partial charge on any atom is -0.367 e. The molecule has 1 heteroatoms. The maximum Gasteiger partial charge on any atom is 0.0429 e. The van der Waals surface area contributed by atoms with Gasteiger partial charge in [-0.1, -0.05) is 48.0 Å². The molecule has 0 aliphatic carbocycles. The highest BCUT2D eigenvalue weighted by Crippen LogP contribution is 2.28. The molecule has 0 saturated carbocycles. The number of rotatable bonds is 2. The summed E-state index contributed by atoms with van der Waals surface area (Å²) in [5.41, 5.74) is 5.62. The van der Waals surface area contributed by atoms with Crippen LogP contribution in [0.4, 0.5) is 5.69 Å². The van der Waals surface area contributed by atoms with Gasteiger partial charge in [-0.25, -0.2) is 0 Å². The first-order valence-corrected chi connectivity index (χ1v) is 6.21. The van der Waals surface area contributed by atoms with E-state index in [4.69, 9.17) is 0 Å². The van der Waals surface area contributed by atoms with E-state index in [2.05, 4.69) is 60.4 Å². The molecule has 0 amide bonds. The minimum atomic E-state index is 1.03. The molecule has 1 heterocycles. The third-order valence-corrected chi connectivity index (χ3v) is 3.48. The van der Waals surface area contributed by atoms with Crippen molar-refractivity contribution in [1.29, 1.82) is 0 Å². The van der Waals surface area contributed by atoms with Gasteiger partial charge < -0.3 is 4.90 Å². The van der Waals surface area contributed by atoms with Crippen LogP contribution < -0.4 is 4.90 Å². The number of hydrogen-bond acceptors (Lipinski definition) is 1. The lowest BCUT2D eigenvalue weighted by Crippen LogP contribution is -2.19. The van der Waals surface area contributed by atoms with Crippen molar-refractivity contribution in [3.63, 3.8) is 0 Å². The molecule has 3 rings (SSSR count). The van der Waals surface area contributed by atoms with Crippen molar-refractivity contribution in [2.45, 2.75) is 19.9 Å². The highest BCUT2D eigenvalue weighted by Gasteiger charge is 2.17. The summed E-state index contributed by atoms with van der Waals surface area (Å²) in [6.07, 6.45) is 1.18. The molecule has 0 unspecified atom stereocenters. The van der Waals surface area contributed by atoms with E-state index < -0.39 is 0 Å². The Morgan fingerprint density at radius 2 is 1.76 bits per heavy atom. The van der Waals surface area contributed by atoms with Gasteiger partial charge in [-0.05, 0) is 30.5 Å². The normalized spacial score (nSPS) is 13.8. The van der Waals surface area contributed by atoms with Crippen molar-refractivity contribution in [3.05, 3.63) is 65.2 Å².